The summed E-state index contributed by atoms with van der Waals surface area (Å²) in [6, 6.07) is 1.71. The summed E-state index contributed by atoms with van der Waals surface area (Å²) in [5.41, 5.74) is 5.42. The van der Waals surface area contributed by atoms with Crippen LogP contribution >= 0.6 is 15.9 Å². The van der Waals surface area contributed by atoms with Crippen LogP contribution in [0.2, 0.25) is 0 Å². The Morgan fingerprint density at radius 1 is 1.77 bits per heavy atom. The minimum absolute atomic E-state index is 0.00479. The van der Waals surface area contributed by atoms with Gasteiger partial charge in [-0.25, -0.2) is 0 Å². The number of rotatable bonds is 4. The minimum atomic E-state index is -0.00479. The van der Waals surface area contributed by atoms with Gasteiger partial charge in [-0.2, -0.15) is 0 Å². The van der Waals surface area contributed by atoms with Crippen molar-refractivity contribution in [1.82, 2.24) is 0 Å². The third kappa shape index (κ3) is 2.67. The molecule has 0 radical (unpaired) electrons. The zero-order valence-electron chi connectivity index (χ0n) is 7.42. The number of Topliss-reactive ketones (excluding diaryl/α,β-unsaturated/α-hetero) is 1. The van der Waals surface area contributed by atoms with Crippen LogP contribution in [0, 0.1) is 5.92 Å². The number of ketones is 1. The van der Waals surface area contributed by atoms with E-state index in [-0.39, 0.29) is 11.7 Å². The van der Waals surface area contributed by atoms with Gasteiger partial charge >= 0.3 is 0 Å². The van der Waals surface area contributed by atoms with E-state index in [1.54, 1.807) is 6.07 Å². The van der Waals surface area contributed by atoms with E-state index >= 15 is 0 Å². The molecule has 72 valence electrons. The molecule has 3 nitrogen and oxygen atoms in total. The fraction of sp³-hybridized carbons (Fsp3) is 0.444. The maximum Gasteiger partial charge on any atom is 0.199 e. The number of furan rings is 1. The molecule has 0 aromatic carbocycles. The number of hydrogen-bond acceptors (Lipinski definition) is 3. The maximum absolute atomic E-state index is 11.5. The smallest absolute Gasteiger partial charge is 0.199 e. The molecule has 0 fully saturated rings. The van der Waals surface area contributed by atoms with Crippen LogP contribution in [-0.2, 0) is 0 Å². The normalized spacial score (nSPS) is 12.8. The van der Waals surface area contributed by atoms with Crippen molar-refractivity contribution in [2.75, 3.05) is 6.54 Å². The Morgan fingerprint density at radius 2 is 2.46 bits per heavy atom. The van der Waals surface area contributed by atoms with E-state index < -0.39 is 0 Å². The zero-order valence-corrected chi connectivity index (χ0v) is 9.00. The van der Waals surface area contributed by atoms with E-state index in [2.05, 4.69) is 15.9 Å². The lowest BCUT2D eigenvalue weighted by Gasteiger charge is -2.04. The molecule has 1 unspecified atom stereocenters. The monoisotopic (exact) mass is 245 g/mol. The highest BCUT2D eigenvalue weighted by Crippen LogP contribution is 2.20. The average Bonchev–Trinajstić information content (AvgIpc) is 2.51. The third-order valence-corrected chi connectivity index (χ3v) is 2.43. The van der Waals surface area contributed by atoms with E-state index in [1.165, 1.54) is 6.26 Å². The number of hydrogen-bond donors (Lipinski definition) is 1. The Labute approximate surface area is 85.4 Å². The van der Waals surface area contributed by atoms with Gasteiger partial charge in [0.1, 0.15) is 0 Å². The molecule has 1 aromatic rings. The molecule has 1 aromatic heterocycles. The molecule has 0 spiro atoms. The topological polar surface area (TPSA) is 56.2 Å². The summed E-state index contributed by atoms with van der Waals surface area (Å²) >= 11 is 3.23. The lowest BCUT2D eigenvalue weighted by Crippen LogP contribution is -2.15. The van der Waals surface area contributed by atoms with Gasteiger partial charge in [-0.15, -0.1) is 0 Å². The van der Waals surface area contributed by atoms with Crippen LogP contribution in [0.15, 0.2) is 21.2 Å². The van der Waals surface area contributed by atoms with Gasteiger partial charge in [0.05, 0.1) is 10.7 Å². The van der Waals surface area contributed by atoms with Crippen molar-refractivity contribution in [3.63, 3.8) is 0 Å². The van der Waals surface area contributed by atoms with Gasteiger partial charge in [-0.05, 0) is 34.5 Å². The zero-order chi connectivity index (χ0) is 9.84. The van der Waals surface area contributed by atoms with Crippen molar-refractivity contribution < 1.29 is 9.21 Å². The van der Waals surface area contributed by atoms with Crippen molar-refractivity contribution in [3.8, 4) is 0 Å². The Hall–Kier alpha value is -0.610. The number of nitrogens with two attached hydrogens (primary N) is 1. The Balaban J connectivity index is 2.64. The van der Waals surface area contributed by atoms with Crippen LogP contribution in [0.5, 0.6) is 0 Å². The maximum atomic E-state index is 11.5. The van der Waals surface area contributed by atoms with E-state index in [9.17, 15) is 4.79 Å². The van der Waals surface area contributed by atoms with Crippen LogP contribution in [0.25, 0.3) is 0 Å². The molecule has 0 saturated heterocycles. The first-order chi connectivity index (χ1) is 6.15. The first kappa shape index (κ1) is 10.5. The predicted octanol–water partition coefficient (Wildman–Crippen LogP) is 2.21. The highest BCUT2D eigenvalue weighted by Gasteiger charge is 2.15. The van der Waals surface area contributed by atoms with E-state index in [0.717, 1.165) is 0 Å². The third-order valence-electron chi connectivity index (χ3n) is 1.81. The molecular weight excluding hydrogens is 234 g/mol. The number of carbonyl (C=O) groups excluding carboxylic acids is 1. The van der Waals surface area contributed by atoms with Crippen molar-refractivity contribution in [3.05, 3.63) is 22.6 Å². The molecule has 1 heterocycles. The molecule has 13 heavy (non-hydrogen) atoms. The highest BCUT2D eigenvalue weighted by molar-refractivity contribution is 9.10. The number of carbonyl (C=O) groups is 1. The molecule has 0 saturated carbocycles. The Morgan fingerprint density at radius 3 is 2.92 bits per heavy atom. The molecule has 0 aliphatic heterocycles. The molecule has 1 rings (SSSR count). The van der Waals surface area contributed by atoms with Crippen LogP contribution < -0.4 is 5.73 Å². The lowest BCUT2D eigenvalue weighted by molar-refractivity contribution is 0.0937. The molecule has 0 bridgehead atoms. The Kier molecular flexibility index (Phi) is 3.69. The van der Waals surface area contributed by atoms with E-state index in [4.69, 9.17) is 10.2 Å². The SMILES string of the molecule is CC(CN)CC(=O)c1occc1Br. The number of halogens is 1. The van der Waals surface area contributed by atoms with Crippen molar-refractivity contribution in [1.29, 1.82) is 0 Å². The van der Waals surface area contributed by atoms with Gasteiger partial charge in [0, 0.05) is 6.42 Å². The second-order valence-corrected chi connectivity index (χ2v) is 3.92. The van der Waals surface area contributed by atoms with Gasteiger partial charge in [0.15, 0.2) is 11.5 Å². The van der Waals surface area contributed by atoms with Gasteiger partial charge < -0.3 is 10.2 Å². The first-order valence-corrected chi connectivity index (χ1v) is 4.90. The largest absolute Gasteiger partial charge is 0.460 e. The molecule has 0 aliphatic rings. The molecule has 0 aliphatic carbocycles. The van der Waals surface area contributed by atoms with E-state index in [0.29, 0.717) is 23.2 Å². The van der Waals surface area contributed by atoms with Gasteiger partial charge in [-0.1, -0.05) is 6.92 Å². The fourth-order valence-electron chi connectivity index (χ4n) is 0.985. The predicted molar refractivity (Wildman–Crippen MR) is 53.6 cm³/mol. The van der Waals surface area contributed by atoms with E-state index in [1.807, 2.05) is 6.92 Å². The van der Waals surface area contributed by atoms with Crippen molar-refractivity contribution in [2.24, 2.45) is 11.7 Å². The van der Waals surface area contributed by atoms with Crippen molar-refractivity contribution in [2.45, 2.75) is 13.3 Å². The van der Waals surface area contributed by atoms with Crippen LogP contribution in [0.3, 0.4) is 0 Å². The summed E-state index contributed by atoms with van der Waals surface area (Å²) in [4.78, 5) is 11.5. The average molecular weight is 246 g/mol. The summed E-state index contributed by atoms with van der Waals surface area (Å²) < 4.78 is 5.74. The lowest BCUT2D eigenvalue weighted by atomic mass is 10.0. The molecule has 2 N–H and O–H groups in total. The summed E-state index contributed by atoms with van der Waals surface area (Å²) in [7, 11) is 0. The van der Waals surface area contributed by atoms with Gasteiger partial charge in [0.2, 0.25) is 0 Å². The van der Waals surface area contributed by atoms with Gasteiger partial charge in [-0.3, -0.25) is 4.79 Å². The summed E-state index contributed by atoms with van der Waals surface area (Å²) in [6.45, 7) is 2.46. The minimum Gasteiger partial charge on any atom is -0.460 e. The molecule has 1 atom stereocenters. The van der Waals surface area contributed by atoms with Crippen LogP contribution in [0.4, 0.5) is 0 Å². The molecular formula is C9H12BrNO2. The second-order valence-electron chi connectivity index (χ2n) is 3.07. The molecule has 0 amide bonds. The summed E-state index contributed by atoms with van der Waals surface area (Å²) in [5, 5.41) is 0. The standard InChI is InChI=1S/C9H12BrNO2/c1-6(5-11)4-8(12)9-7(10)2-3-13-9/h2-3,6H,4-5,11H2,1H3. The molecule has 4 heteroatoms. The fourth-order valence-corrected chi connectivity index (χ4v) is 1.41. The highest BCUT2D eigenvalue weighted by atomic mass is 79.9. The van der Waals surface area contributed by atoms with Gasteiger partial charge in [0.25, 0.3) is 0 Å². The van der Waals surface area contributed by atoms with Crippen LogP contribution in [0.1, 0.15) is 23.9 Å². The quantitative estimate of drug-likeness (QED) is 0.828. The second kappa shape index (κ2) is 4.58. The van der Waals surface area contributed by atoms with Crippen molar-refractivity contribution >= 4 is 21.7 Å². The Bertz CT molecular complexity index is 296. The van der Waals surface area contributed by atoms with Crippen LogP contribution in [-0.4, -0.2) is 12.3 Å². The summed E-state index contributed by atoms with van der Waals surface area (Å²) in [5.74, 6) is 0.583. The summed E-state index contributed by atoms with van der Waals surface area (Å²) in [6.07, 6.45) is 1.92. The first-order valence-electron chi connectivity index (χ1n) is 4.11.